The molecule has 1 N–H and O–H groups in total. The first-order valence-electron chi connectivity index (χ1n) is 12.7. The molecule has 1 saturated heterocycles. The van der Waals surface area contributed by atoms with Crippen molar-refractivity contribution in [2.75, 3.05) is 37.7 Å². The van der Waals surface area contributed by atoms with E-state index >= 15 is 0 Å². The smallest absolute Gasteiger partial charge is 0.329 e. The van der Waals surface area contributed by atoms with Gasteiger partial charge in [-0.3, -0.25) is 4.79 Å². The normalized spacial score (nSPS) is 17.5. The number of piperazine rings is 1. The van der Waals surface area contributed by atoms with Crippen molar-refractivity contribution in [1.29, 1.82) is 5.26 Å². The Kier molecular flexibility index (Phi) is 7.38. The average Bonchev–Trinajstić information content (AvgIpc) is 2.93. The minimum absolute atomic E-state index is 0.289. The molecule has 2 aliphatic rings. The molecular weight excluding hydrogens is 457 g/mol. The lowest BCUT2D eigenvalue weighted by atomic mass is 9.90. The highest BCUT2D eigenvalue weighted by Crippen LogP contribution is 2.31. The molecule has 0 spiro atoms. The predicted octanol–water partition coefficient (Wildman–Crippen LogP) is 4.58. The van der Waals surface area contributed by atoms with E-state index in [-0.39, 0.29) is 5.82 Å². The van der Waals surface area contributed by atoms with E-state index in [2.05, 4.69) is 16.3 Å². The van der Waals surface area contributed by atoms with Gasteiger partial charge in [0.2, 0.25) is 0 Å². The lowest BCUT2D eigenvalue weighted by molar-refractivity contribution is -0.145. The van der Waals surface area contributed by atoms with Gasteiger partial charge in [0.05, 0.1) is 23.7 Å². The Bertz CT molecular complexity index is 1260. The molecule has 36 heavy (non-hydrogen) atoms. The zero-order chi connectivity index (χ0) is 24.9. The van der Waals surface area contributed by atoms with Gasteiger partial charge < -0.3 is 15.0 Å². The van der Waals surface area contributed by atoms with Gasteiger partial charge >= 0.3 is 5.97 Å². The van der Waals surface area contributed by atoms with Gasteiger partial charge in [-0.2, -0.15) is 5.26 Å². The number of carbonyl (C=O) groups excluding carboxylic acids is 1. The third-order valence-corrected chi connectivity index (χ3v) is 7.09. The molecule has 2 aromatic carbocycles. The summed E-state index contributed by atoms with van der Waals surface area (Å²) < 4.78 is 19.0. The summed E-state index contributed by atoms with van der Waals surface area (Å²) in [5.74, 6) is -1.09. The number of benzene rings is 2. The Hall–Kier alpha value is -3.57. The lowest BCUT2D eigenvalue weighted by Gasteiger charge is -2.30. The fraction of sp³-hybridized carbons (Fsp3) is 0.429. The number of hydrogen-bond acceptors (Lipinski definition) is 7. The van der Waals surface area contributed by atoms with E-state index in [1.54, 1.807) is 12.1 Å². The minimum atomic E-state index is -1.15. The van der Waals surface area contributed by atoms with E-state index in [1.165, 1.54) is 18.6 Å². The summed E-state index contributed by atoms with van der Waals surface area (Å²) in [6, 6.07) is 14.1. The van der Waals surface area contributed by atoms with Crippen LogP contribution in [0.2, 0.25) is 0 Å². The van der Waals surface area contributed by atoms with Crippen molar-refractivity contribution >= 4 is 22.8 Å². The number of anilines is 1. The summed E-state index contributed by atoms with van der Waals surface area (Å²) in [7, 11) is 0. The topological polar surface area (TPSA) is 91.1 Å². The van der Waals surface area contributed by atoms with Gasteiger partial charge in [0.25, 0.3) is 0 Å². The fourth-order valence-corrected chi connectivity index (χ4v) is 5.05. The monoisotopic (exact) mass is 487 g/mol. The summed E-state index contributed by atoms with van der Waals surface area (Å²) in [5, 5.41) is 13.3. The first kappa shape index (κ1) is 24.1. The van der Waals surface area contributed by atoms with Crippen LogP contribution in [0, 0.1) is 23.1 Å². The quantitative estimate of drug-likeness (QED) is 0.509. The first-order chi connectivity index (χ1) is 17.6. The van der Waals surface area contributed by atoms with Crippen LogP contribution < -0.4 is 10.2 Å². The van der Waals surface area contributed by atoms with Crippen LogP contribution in [-0.2, 0) is 9.53 Å². The Morgan fingerprint density at radius 3 is 2.50 bits per heavy atom. The molecule has 186 valence electrons. The van der Waals surface area contributed by atoms with Crippen molar-refractivity contribution in [3.8, 4) is 17.2 Å². The highest BCUT2D eigenvalue weighted by atomic mass is 19.1. The highest BCUT2D eigenvalue weighted by Gasteiger charge is 2.31. The second-order valence-electron chi connectivity index (χ2n) is 9.58. The number of nitriles is 1. The lowest BCUT2D eigenvalue weighted by Crippen LogP contribution is -2.44. The van der Waals surface area contributed by atoms with Gasteiger partial charge in [0.15, 0.2) is 11.7 Å². The maximum Gasteiger partial charge on any atom is 0.329 e. The highest BCUT2D eigenvalue weighted by molar-refractivity contribution is 5.87. The SMILES string of the molecule is N#CC(C(=O)OCC1CCCCC1)c1nc2ccc(-c3ccc(F)cc3)cc2nc1N1CCNCC1. The summed E-state index contributed by atoms with van der Waals surface area (Å²) >= 11 is 0. The van der Waals surface area contributed by atoms with Gasteiger partial charge in [0, 0.05) is 26.2 Å². The largest absolute Gasteiger partial charge is 0.464 e. The number of nitrogens with zero attached hydrogens (tertiary/aromatic N) is 4. The molecule has 8 heteroatoms. The Morgan fingerprint density at radius 2 is 1.78 bits per heavy atom. The molecule has 1 saturated carbocycles. The van der Waals surface area contributed by atoms with Gasteiger partial charge in [-0.15, -0.1) is 0 Å². The zero-order valence-corrected chi connectivity index (χ0v) is 20.3. The number of ether oxygens (including phenoxy) is 1. The van der Waals surface area contributed by atoms with Crippen molar-refractivity contribution in [1.82, 2.24) is 15.3 Å². The van der Waals surface area contributed by atoms with E-state index in [4.69, 9.17) is 14.7 Å². The van der Waals surface area contributed by atoms with Crippen LogP contribution in [0.25, 0.3) is 22.2 Å². The maximum atomic E-state index is 13.4. The summed E-state index contributed by atoms with van der Waals surface area (Å²) in [4.78, 5) is 24.8. The number of esters is 1. The van der Waals surface area contributed by atoms with Crippen LogP contribution in [0.3, 0.4) is 0 Å². The van der Waals surface area contributed by atoms with E-state index in [0.29, 0.717) is 48.2 Å². The molecule has 3 aromatic rings. The number of nitrogens with one attached hydrogen (secondary N) is 1. The average molecular weight is 488 g/mol. The van der Waals surface area contributed by atoms with Crippen LogP contribution in [0.4, 0.5) is 10.2 Å². The number of halogens is 1. The molecule has 0 amide bonds. The third-order valence-electron chi connectivity index (χ3n) is 7.09. The van der Waals surface area contributed by atoms with Crippen molar-refractivity contribution in [2.24, 2.45) is 5.92 Å². The first-order valence-corrected chi connectivity index (χ1v) is 12.7. The molecule has 0 radical (unpaired) electrons. The van der Waals surface area contributed by atoms with Gasteiger partial charge in [-0.05, 0) is 54.2 Å². The minimum Gasteiger partial charge on any atom is -0.464 e. The second-order valence-corrected chi connectivity index (χ2v) is 9.58. The molecule has 2 fully saturated rings. The van der Waals surface area contributed by atoms with E-state index < -0.39 is 11.9 Å². The van der Waals surface area contributed by atoms with Crippen molar-refractivity contribution in [2.45, 2.75) is 38.0 Å². The van der Waals surface area contributed by atoms with Crippen molar-refractivity contribution in [3.63, 3.8) is 0 Å². The molecule has 1 aliphatic carbocycles. The maximum absolute atomic E-state index is 13.4. The number of carbonyl (C=O) groups is 1. The number of rotatable bonds is 6. The molecule has 2 heterocycles. The number of fused-ring (bicyclic) bond motifs is 1. The molecule has 1 aromatic heterocycles. The number of aromatic nitrogens is 2. The van der Waals surface area contributed by atoms with E-state index in [1.807, 2.05) is 18.2 Å². The Labute approximate surface area is 210 Å². The zero-order valence-electron chi connectivity index (χ0n) is 20.3. The van der Waals surface area contributed by atoms with Crippen LogP contribution in [0.1, 0.15) is 43.7 Å². The molecule has 1 atom stereocenters. The summed E-state index contributed by atoms with van der Waals surface area (Å²) in [6.07, 6.45) is 5.67. The van der Waals surface area contributed by atoms with Crippen LogP contribution >= 0.6 is 0 Å². The van der Waals surface area contributed by atoms with Gasteiger partial charge in [-0.25, -0.2) is 14.4 Å². The fourth-order valence-electron chi connectivity index (χ4n) is 5.05. The second kappa shape index (κ2) is 11.0. The van der Waals surface area contributed by atoms with Gasteiger partial charge in [-0.1, -0.05) is 37.5 Å². The number of hydrogen-bond donors (Lipinski definition) is 1. The van der Waals surface area contributed by atoms with E-state index in [9.17, 15) is 14.4 Å². The van der Waals surface area contributed by atoms with Crippen molar-refractivity contribution in [3.05, 3.63) is 54.0 Å². The molecule has 0 bridgehead atoms. The van der Waals surface area contributed by atoms with Crippen LogP contribution in [-0.4, -0.2) is 48.7 Å². The van der Waals surface area contributed by atoms with Crippen LogP contribution in [0.15, 0.2) is 42.5 Å². The summed E-state index contributed by atoms with van der Waals surface area (Å²) in [6.45, 7) is 3.29. The summed E-state index contributed by atoms with van der Waals surface area (Å²) in [5.41, 5.74) is 3.35. The molecule has 7 nitrogen and oxygen atoms in total. The molecule has 1 aliphatic heterocycles. The standard InChI is InChI=1S/C28H30FN5O2/c29-22-9-6-20(7-10-22)21-8-11-24-25(16-21)33-27(34-14-12-31-13-15-34)26(32-24)23(17-30)28(35)36-18-19-4-2-1-3-5-19/h6-11,16,19,23,31H,1-5,12-15,18H2. The molecule has 5 rings (SSSR count). The van der Waals surface area contributed by atoms with Crippen molar-refractivity contribution < 1.29 is 13.9 Å². The van der Waals surface area contributed by atoms with E-state index in [0.717, 1.165) is 49.9 Å². The molecular formula is C28H30FN5O2. The molecule has 1 unspecified atom stereocenters. The third kappa shape index (κ3) is 5.31. The Balaban J connectivity index is 1.49. The van der Waals surface area contributed by atoms with Gasteiger partial charge in [0.1, 0.15) is 11.5 Å². The Morgan fingerprint density at radius 1 is 1.06 bits per heavy atom. The predicted molar refractivity (Wildman–Crippen MR) is 136 cm³/mol. The van der Waals surface area contributed by atoms with Crippen LogP contribution in [0.5, 0.6) is 0 Å².